The molecule has 0 aromatic heterocycles. The monoisotopic (exact) mass is 242 g/mol. The highest BCUT2D eigenvalue weighted by Gasteiger charge is 2.41. The molecule has 0 aromatic rings. The van der Waals surface area contributed by atoms with Crippen LogP contribution in [-0.4, -0.2) is 29.8 Å². The summed E-state index contributed by atoms with van der Waals surface area (Å²) in [5.41, 5.74) is 6.18. The van der Waals surface area contributed by atoms with Crippen LogP contribution in [0.25, 0.3) is 0 Å². The Labute approximate surface area is 106 Å². The normalized spacial score (nSPS) is 31.8. The Hall–Kier alpha value is -0.120. The molecule has 1 saturated carbocycles. The Balaban J connectivity index is 2.74. The van der Waals surface area contributed by atoms with E-state index < -0.39 is 0 Å². The maximum Gasteiger partial charge on any atom is 0.0445 e. The van der Waals surface area contributed by atoms with E-state index >= 15 is 0 Å². The first-order valence-corrected chi connectivity index (χ1v) is 7.14. The third-order valence-electron chi connectivity index (χ3n) is 4.36. The van der Waals surface area contributed by atoms with Gasteiger partial charge >= 0.3 is 0 Å². The minimum Gasteiger partial charge on any atom is -0.396 e. The van der Waals surface area contributed by atoms with E-state index in [4.69, 9.17) is 10.8 Å². The summed E-state index contributed by atoms with van der Waals surface area (Å²) < 4.78 is 0. The second-order valence-electron chi connectivity index (χ2n) is 6.01. The van der Waals surface area contributed by atoms with Crippen LogP contribution >= 0.6 is 0 Å². The van der Waals surface area contributed by atoms with Crippen molar-refractivity contribution < 1.29 is 5.11 Å². The van der Waals surface area contributed by atoms with Crippen molar-refractivity contribution >= 4 is 0 Å². The smallest absolute Gasteiger partial charge is 0.0445 e. The van der Waals surface area contributed by atoms with Gasteiger partial charge in [-0.15, -0.1) is 0 Å². The van der Waals surface area contributed by atoms with Gasteiger partial charge in [0.2, 0.25) is 0 Å². The van der Waals surface area contributed by atoms with Crippen LogP contribution < -0.4 is 11.1 Å². The van der Waals surface area contributed by atoms with E-state index in [1.54, 1.807) is 0 Å². The zero-order valence-electron chi connectivity index (χ0n) is 11.7. The van der Waals surface area contributed by atoms with E-state index in [-0.39, 0.29) is 12.1 Å². The summed E-state index contributed by atoms with van der Waals surface area (Å²) in [6.45, 7) is 7.73. The Morgan fingerprint density at radius 2 is 2.06 bits per heavy atom. The number of aliphatic hydroxyl groups excluding tert-OH is 1. The van der Waals surface area contributed by atoms with Gasteiger partial charge in [-0.05, 0) is 38.0 Å². The van der Waals surface area contributed by atoms with Gasteiger partial charge in [0, 0.05) is 24.7 Å². The van der Waals surface area contributed by atoms with Crippen molar-refractivity contribution in [2.24, 2.45) is 17.6 Å². The molecule has 102 valence electrons. The SMILES string of the molecule is CC(CCO)NC1(CN)CCCCC1C(C)C. The molecular weight excluding hydrogens is 212 g/mol. The van der Waals surface area contributed by atoms with Crippen molar-refractivity contribution in [1.29, 1.82) is 0 Å². The predicted octanol–water partition coefficient (Wildman–Crippen LogP) is 1.89. The maximum absolute atomic E-state index is 9.03. The summed E-state index contributed by atoms with van der Waals surface area (Å²) in [7, 11) is 0. The summed E-state index contributed by atoms with van der Waals surface area (Å²) in [5.74, 6) is 1.34. The lowest BCUT2D eigenvalue weighted by atomic mass is 9.67. The molecule has 3 atom stereocenters. The largest absolute Gasteiger partial charge is 0.396 e. The Morgan fingerprint density at radius 3 is 2.59 bits per heavy atom. The highest BCUT2D eigenvalue weighted by atomic mass is 16.3. The molecule has 0 amide bonds. The molecule has 3 unspecified atom stereocenters. The lowest BCUT2D eigenvalue weighted by Crippen LogP contribution is -2.61. The fourth-order valence-corrected chi connectivity index (χ4v) is 3.49. The second kappa shape index (κ2) is 6.72. The molecule has 0 aromatic carbocycles. The lowest BCUT2D eigenvalue weighted by Gasteiger charge is -2.48. The van der Waals surface area contributed by atoms with Gasteiger partial charge < -0.3 is 16.2 Å². The molecule has 0 radical (unpaired) electrons. The standard InChI is InChI=1S/C14H30N2O/c1-11(2)13-6-4-5-8-14(13,10-15)16-12(3)7-9-17/h11-13,16-17H,4-10,15H2,1-3H3. The molecule has 0 heterocycles. The Kier molecular flexibility index (Phi) is 5.90. The van der Waals surface area contributed by atoms with E-state index in [9.17, 15) is 0 Å². The summed E-state index contributed by atoms with van der Waals surface area (Å²) in [6, 6.07) is 0.350. The van der Waals surface area contributed by atoms with Crippen LogP contribution in [0.2, 0.25) is 0 Å². The quantitative estimate of drug-likeness (QED) is 0.666. The summed E-state index contributed by atoms with van der Waals surface area (Å²) in [4.78, 5) is 0. The van der Waals surface area contributed by atoms with Gasteiger partial charge in [-0.2, -0.15) is 0 Å². The molecule has 17 heavy (non-hydrogen) atoms. The van der Waals surface area contributed by atoms with Gasteiger partial charge in [-0.3, -0.25) is 0 Å². The topological polar surface area (TPSA) is 58.3 Å². The average molecular weight is 242 g/mol. The van der Waals surface area contributed by atoms with Crippen molar-refractivity contribution in [3.05, 3.63) is 0 Å². The molecule has 1 aliphatic carbocycles. The highest BCUT2D eigenvalue weighted by molar-refractivity contribution is 5.00. The second-order valence-corrected chi connectivity index (χ2v) is 6.01. The molecular formula is C14H30N2O. The maximum atomic E-state index is 9.03. The van der Waals surface area contributed by atoms with Gasteiger partial charge in [0.05, 0.1) is 0 Å². The molecule has 4 N–H and O–H groups in total. The Bertz CT molecular complexity index is 220. The first-order valence-electron chi connectivity index (χ1n) is 7.14. The van der Waals surface area contributed by atoms with E-state index in [0.717, 1.165) is 6.42 Å². The molecule has 3 heteroatoms. The minimum atomic E-state index is 0.0982. The van der Waals surface area contributed by atoms with E-state index in [0.29, 0.717) is 24.4 Å². The summed E-state index contributed by atoms with van der Waals surface area (Å²) in [6.07, 6.45) is 5.89. The Morgan fingerprint density at radius 1 is 1.35 bits per heavy atom. The van der Waals surface area contributed by atoms with Crippen LogP contribution in [0.15, 0.2) is 0 Å². The molecule has 0 aliphatic heterocycles. The van der Waals surface area contributed by atoms with E-state index in [2.05, 4.69) is 26.1 Å². The lowest BCUT2D eigenvalue weighted by molar-refractivity contribution is 0.0930. The van der Waals surface area contributed by atoms with Crippen LogP contribution in [0.1, 0.15) is 52.9 Å². The number of hydrogen-bond donors (Lipinski definition) is 3. The van der Waals surface area contributed by atoms with Crippen LogP contribution in [0, 0.1) is 11.8 Å². The zero-order chi connectivity index (χ0) is 12.9. The van der Waals surface area contributed by atoms with Crippen molar-refractivity contribution in [3.63, 3.8) is 0 Å². The van der Waals surface area contributed by atoms with Gasteiger partial charge in [-0.1, -0.05) is 26.7 Å². The number of hydrogen-bond acceptors (Lipinski definition) is 3. The fourth-order valence-electron chi connectivity index (χ4n) is 3.49. The van der Waals surface area contributed by atoms with Crippen LogP contribution in [0.4, 0.5) is 0 Å². The first-order chi connectivity index (χ1) is 8.05. The van der Waals surface area contributed by atoms with Crippen molar-refractivity contribution in [2.75, 3.05) is 13.2 Å². The number of nitrogens with one attached hydrogen (secondary N) is 1. The van der Waals surface area contributed by atoms with Crippen molar-refractivity contribution in [2.45, 2.75) is 64.5 Å². The molecule has 1 aliphatic rings. The number of rotatable bonds is 6. The third-order valence-corrected chi connectivity index (χ3v) is 4.36. The number of aliphatic hydroxyl groups is 1. The molecule has 0 saturated heterocycles. The highest BCUT2D eigenvalue weighted by Crippen LogP contribution is 2.38. The fraction of sp³-hybridized carbons (Fsp3) is 1.00. The van der Waals surface area contributed by atoms with E-state index in [1.165, 1.54) is 25.7 Å². The molecule has 0 spiro atoms. The van der Waals surface area contributed by atoms with Gasteiger partial charge in [-0.25, -0.2) is 0 Å². The number of nitrogens with two attached hydrogens (primary N) is 1. The predicted molar refractivity (Wildman–Crippen MR) is 72.9 cm³/mol. The first kappa shape index (κ1) is 14.9. The minimum absolute atomic E-state index is 0.0982. The molecule has 1 rings (SSSR count). The summed E-state index contributed by atoms with van der Waals surface area (Å²) >= 11 is 0. The molecule has 1 fully saturated rings. The van der Waals surface area contributed by atoms with Gasteiger partial charge in [0.25, 0.3) is 0 Å². The summed E-state index contributed by atoms with van der Waals surface area (Å²) in [5, 5.41) is 12.8. The van der Waals surface area contributed by atoms with Crippen molar-refractivity contribution in [3.8, 4) is 0 Å². The van der Waals surface area contributed by atoms with Crippen LogP contribution in [0.3, 0.4) is 0 Å². The van der Waals surface area contributed by atoms with Crippen LogP contribution in [-0.2, 0) is 0 Å². The van der Waals surface area contributed by atoms with Crippen molar-refractivity contribution in [1.82, 2.24) is 5.32 Å². The third kappa shape index (κ3) is 3.67. The van der Waals surface area contributed by atoms with Gasteiger partial charge in [0.15, 0.2) is 0 Å². The molecule has 0 bridgehead atoms. The molecule has 3 nitrogen and oxygen atoms in total. The van der Waals surface area contributed by atoms with Gasteiger partial charge in [0.1, 0.15) is 0 Å². The average Bonchev–Trinajstić information content (AvgIpc) is 2.29. The zero-order valence-corrected chi connectivity index (χ0v) is 11.7. The van der Waals surface area contributed by atoms with Crippen LogP contribution in [0.5, 0.6) is 0 Å². The van der Waals surface area contributed by atoms with E-state index in [1.807, 2.05) is 0 Å².